The van der Waals surface area contributed by atoms with Crippen molar-refractivity contribution >= 4 is 39.0 Å². The molecule has 0 radical (unpaired) electrons. The Bertz CT molecular complexity index is 343. The molecule has 0 spiro atoms. The maximum absolute atomic E-state index is 11.1. The number of halogens is 1. The molecule has 0 bridgehead atoms. The molecule has 1 rings (SSSR count). The fraction of sp³-hybridized carbons (Fsp3) is 0.444. The lowest BCUT2D eigenvalue weighted by Crippen LogP contribution is -2.45. The summed E-state index contributed by atoms with van der Waals surface area (Å²) in [4.78, 5) is 12.5. The van der Waals surface area contributed by atoms with E-state index in [-0.39, 0.29) is 0 Å². The Morgan fingerprint density at radius 1 is 1.57 bits per heavy atom. The van der Waals surface area contributed by atoms with Gasteiger partial charge in [0.05, 0.1) is 9.47 Å². The van der Waals surface area contributed by atoms with Gasteiger partial charge < -0.3 is 5.11 Å². The molecule has 0 fully saturated rings. The Hall–Kier alpha value is -0.550. The third kappa shape index (κ3) is 2.27. The minimum atomic E-state index is -0.934. The third-order valence-corrected chi connectivity index (χ3v) is 3.36. The molecule has 1 heterocycles. The summed E-state index contributed by atoms with van der Waals surface area (Å²) in [6, 6.07) is 1.80. The Balaban J connectivity index is 3.14. The first-order valence-electron chi connectivity index (χ1n) is 4.10. The van der Waals surface area contributed by atoms with Gasteiger partial charge in [0.2, 0.25) is 0 Å². The van der Waals surface area contributed by atoms with Gasteiger partial charge in [-0.2, -0.15) is 0 Å². The number of carboxylic acid groups (broad SMARTS) is 1. The summed E-state index contributed by atoms with van der Waals surface area (Å²) in [5.41, 5.74) is 0.269. The van der Waals surface area contributed by atoms with Gasteiger partial charge in [-0.15, -0.1) is 11.3 Å². The molecule has 1 N–H and O–H groups in total. The van der Waals surface area contributed by atoms with Crippen LogP contribution in [0.25, 0.3) is 0 Å². The van der Waals surface area contributed by atoms with Crippen LogP contribution in [0.3, 0.4) is 0 Å². The Labute approximate surface area is 95.5 Å². The first-order valence-corrected chi connectivity index (χ1v) is 5.77. The largest absolute Gasteiger partial charge is 0.465 e. The second-order valence-corrected chi connectivity index (χ2v) is 6.10. The van der Waals surface area contributed by atoms with Gasteiger partial charge >= 0.3 is 6.09 Å². The summed E-state index contributed by atoms with van der Waals surface area (Å²) in [5.74, 6) is 0. The van der Waals surface area contributed by atoms with Crippen LogP contribution in [0.2, 0.25) is 0 Å². The molecule has 0 aromatic carbocycles. The van der Waals surface area contributed by atoms with Gasteiger partial charge in [-0.3, -0.25) is 4.90 Å². The number of hydrogen-bond donors (Lipinski definition) is 1. The van der Waals surface area contributed by atoms with Crippen LogP contribution in [0.15, 0.2) is 15.2 Å². The van der Waals surface area contributed by atoms with E-state index in [0.29, 0.717) is 5.69 Å². The van der Waals surface area contributed by atoms with Gasteiger partial charge in [0.15, 0.2) is 0 Å². The maximum Gasteiger partial charge on any atom is 0.412 e. The standard InChI is InChI=1S/C9H12BrNO2S/c1-9(2,3)11(8(12)13)6-4-5-14-7(6)10/h4-5H,1-3H3,(H,12,13). The summed E-state index contributed by atoms with van der Waals surface area (Å²) in [7, 11) is 0. The summed E-state index contributed by atoms with van der Waals surface area (Å²) in [5, 5.41) is 11.0. The van der Waals surface area contributed by atoms with Crippen molar-refractivity contribution in [2.45, 2.75) is 26.3 Å². The predicted molar refractivity (Wildman–Crippen MR) is 62.3 cm³/mol. The van der Waals surface area contributed by atoms with Crippen molar-refractivity contribution in [1.82, 2.24) is 0 Å². The van der Waals surface area contributed by atoms with Crippen molar-refractivity contribution in [3.05, 3.63) is 15.2 Å². The monoisotopic (exact) mass is 277 g/mol. The fourth-order valence-electron chi connectivity index (χ4n) is 1.20. The van der Waals surface area contributed by atoms with E-state index in [9.17, 15) is 4.79 Å². The smallest absolute Gasteiger partial charge is 0.412 e. The van der Waals surface area contributed by atoms with Gasteiger partial charge in [-0.25, -0.2) is 4.79 Å². The number of carbonyl (C=O) groups is 1. The molecule has 0 aliphatic rings. The van der Waals surface area contributed by atoms with Crippen LogP contribution in [0.1, 0.15) is 20.8 Å². The van der Waals surface area contributed by atoms with Gasteiger partial charge in [0.1, 0.15) is 0 Å². The van der Waals surface area contributed by atoms with Crippen molar-refractivity contribution < 1.29 is 9.90 Å². The quantitative estimate of drug-likeness (QED) is 0.849. The summed E-state index contributed by atoms with van der Waals surface area (Å²) in [6.45, 7) is 5.60. The number of thiophene rings is 1. The zero-order valence-corrected chi connectivity index (χ0v) is 10.6. The van der Waals surface area contributed by atoms with E-state index in [4.69, 9.17) is 5.11 Å². The van der Waals surface area contributed by atoms with E-state index in [1.54, 1.807) is 6.07 Å². The SMILES string of the molecule is CC(C)(C)N(C(=O)O)c1ccsc1Br. The lowest BCUT2D eigenvalue weighted by Gasteiger charge is -2.32. The van der Waals surface area contributed by atoms with Gasteiger partial charge in [-0.05, 0) is 48.1 Å². The summed E-state index contributed by atoms with van der Waals surface area (Å²) >= 11 is 4.82. The van der Waals surface area contributed by atoms with Crippen LogP contribution in [0, 0.1) is 0 Å². The highest BCUT2D eigenvalue weighted by atomic mass is 79.9. The van der Waals surface area contributed by atoms with Gasteiger partial charge in [-0.1, -0.05) is 0 Å². The average Bonchev–Trinajstić information content (AvgIpc) is 2.32. The van der Waals surface area contributed by atoms with E-state index >= 15 is 0 Å². The minimum absolute atomic E-state index is 0.435. The van der Waals surface area contributed by atoms with Crippen LogP contribution in [-0.4, -0.2) is 16.7 Å². The second kappa shape index (κ2) is 3.90. The highest BCUT2D eigenvalue weighted by Crippen LogP contribution is 2.35. The first kappa shape index (κ1) is 11.5. The summed E-state index contributed by atoms with van der Waals surface area (Å²) in [6.07, 6.45) is -0.934. The van der Waals surface area contributed by atoms with Crippen molar-refractivity contribution in [3.63, 3.8) is 0 Å². The molecule has 0 aliphatic heterocycles. The molecule has 1 aromatic heterocycles. The number of anilines is 1. The summed E-state index contributed by atoms with van der Waals surface area (Å²) < 4.78 is 0.842. The van der Waals surface area contributed by atoms with Crippen LogP contribution >= 0.6 is 27.3 Å². The average molecular weight is 278 g/mol. The molecule has 3 nitrogen and oxygen atoms in total. The number of hydrogen-bond acceptors (Lipinski definition) is 2. The van der Waals surface area contributed by atoms with E-state index in [1.807, 2.05) is 26.2 Å². The second-order valence-electron chi connectivity index (χ2n) is 3.87. The number of rotatable bonds is 1. The highest BCUT2D eigenvalue weighted by Gasteiger charge is 2.29. The van der Waals surface area contributed by atoms with Crippen molar-refractivity contribution in [2.75, 3.05) is 4.90 Å². The molecule has 0 atom stereocenters. The first-order chi connectivity index (χ1) is 6.34. The zero-order chi connectivity index (χ0) is 10.9. The molecule has 5 heteroatoms. The zero-order valence-electron chi connectivity index (χ0n) is 8.24. The van der Waals surface area contributed by atoms with E-state index < -0.39 is 11.6 Å². The third-order valence-electron chi connectivity index (χ3n) is 1.70. The van der Waals surface area contributed by atoms with E-state index in [0.717, 1.165) is 3.79 Å². The molecule has 1 amide bonds. The minimum Gasteiger partial charge on any atom is -0.465 e. The van der Waals surface area contributed by atoms with Gasteiger partial charge in [0.25, 0.3) is 0 Å². The molecule has 0 saturated heterocycles. The molecule has 0 unspecified atom stereocenters. The molecule has 14 heavy (non-hydrogen) atoms. The topological polar surface area (TPSA) is 40.5 Å². The number of amides is 1. The van der Waals surface area contributed by atoms with Gasteiger partial charge in [0, 0.05) is 5.54 Å². The van der Waals surface area contributed by atoms with Crippen molar-refractivity contribution in [2.24, 2.45) is 0 Å². The van der Waals surface area contributed by atoms with Crippen LogP contribution < -0.4 is 4.90 Å². The predicted octanol–water partition coefficient (Wildman–Crippen LogP) is 3.79. The lowest BCUT2D eigenvalue weighted by molar-refractivity contribution is 0.195. The van der Waals surface area contributed by atoms with Crippen molar-refractivity contribution in [3.8, 4) is 0 Å². The molecule has 1 aromatic rings. The highest BCUT2D eigenvalue weighted by molar-refractivity contribution is 9.11. The van der Waals surface area contributed by atoms with E-state index in [2.05, 4.69) is 15.9 Å². The lowest BCUT2D eigenvalue weighted by atomic mass is 10.1. The van der Waals surface area contributed by atoms with Crippen LogP contribution in [0.5, 0.6) is 0 Å². The molecular formula is C9H12BrNO2S. The van der Waals surface area contributed by atoms with Crippen molar-refractivity contribution in [1.29, 1.82) is 0 Å². The van der Waals surface area contributed by atoms with Crippen LogP contribution in [0.4, 0.5) is 10.5 Å². The Kier molecular flexibility index (Phi) is 3.21. The fourth-order valence-corrected chi connectivity index (χ4v) is 2.43. The van der Waals surface area contributed by atoms with Crippen LogP contribution in [-0.2, 0) is 0 Å². The van der Waals surface area contributed by atoms with E-state index in [1.165, 1.54) is 16.2 Å². The molecular weight excluding hydrogens is 266 g/mol. The Morgan fingerprint density at radius 2 is 2.14 bits per heavy atom. The Morgan fingerprint density at radius 3 is 2.43 bits per heavy atom. The normalized spacial score (nSPS) is 11.4. The molecule has 78 valence electrons. The molecule has 0 aliphatic carbocycles. The number of nitrogens with zero attached hydrogens (tertiary/aromatic N) is 1. The maximum atomic E-state index is 11.1. The molecule has 0 saturated carbocycles.